The van der Waals surface area contributed by atoms with Crippen molar-refractivity contribution in [1.29, 1.82) is 0 Å². The molecule has 1 aliphatic heterocycles. The molecule has 2 aromatic carbocycles. The summed E-state index contributed by atoms with van der Waals surface area (Å²) in [4.78, 5) is 16.7. The Balaban J connectivity index is 1.51. The van der Waals surface area contributed by atoms with E-state index in [0.717, 1.165) is 19.3 Å². The van der Waals surface area contributed by atoms with Gasteiger partial charge in [0.2, 0.25) is 10.0 Å². The van der Waals surface area contributed by atoms with Crippen molar-refractivity contribution in [3.63, 3.8) is 0 Å². The van der Waals surface area contributed by atoms with Crippen molar-refractivity contribution in [2.24, 2.45) is 0 Å². The maximum Gasteiger partial charge on any atom is 0.260 e. The zero-order chi connectivity index (χ0) is 21.9. The molecule has 0 spiro atoms. The van der Waals surface area contributed by atoms with Crippen LogP contribution in [0.25, 0.3) is 0 Å². The zero-order valence-corrected chi connectivity index (χ0v) is 18.8. The number of nitrogens with zero attached hydrogens (tertiary/aromatic N) is 3. The lowest BCUT2D eigenvalue weighted by Gasteiger charge is -2.37. The maximum atomic E-state index is 12.5. The summed E-state index contributed by atoms with van der Waals surface area (Å²) in [5.41, 5.74) is 4.33. The molecule has 0 aromatic heterocycles. The topological polar surface area (TPSA) is 70.2 Å². The predicted molar refractivity (Wildman–Crippen MR) is 120 cm³/mol. The second-order valence-electron chi connectivity index (χ2n) is 7.60. The van der Waals surface area contributed by atoms with Gasteiger partial charge in [-0.15, -0.1) is 0 Å². The van der Waals surface area contributed by atoms with Crippen LogP contribution in [0.4, 0.5) is 11.4 Å². The summed E-state index contributed by atoms with van der Waals surface area (Å²) >= 11 is 0. The van der Waals surface area contributed by atoms with Crippen LogP contribution in [0.15, 0.2) is 42.5 Å². The van der Waals surface area contributed by atoms with E-state index < -0.39 is 10.0 Å². The molecule has 0 radical (unpaired) electrons. The lowest BCUT2D eigenvalue weighted by Crippen LogP contribution is -2.50. The minimum atomic E-state index is -3.31. The van der Waals surface area contributed by atoms with Gasteiger partial charge in [0.1, 0.15) is 5.75 Å². The van der Waals surface area contributed by atoms with Crippen LogP contribution in [0.1, 0.15) is 11.1 Å². The summed E-state index contributed by atoms with van der Waals surface area (Å²) in [5.74, 6) is 0.482. The number of carbonyl (C=O) groups excluding carboxylic acids is 1. The average molecular weight is 432 g/mol. The molecule has 7 nitrogen and oxygen atoms in total. The van der Waals surface area contributed by atoms with Gasteiger partial charge >= 0.3 is 0 Å². The predicted octanol–water partition coefficient (Wildman–Crippen LogP) is 2.43. The molecule has 1 amide bonds. The maximum absolute atomic E-state index is 12.5. The van der Waals surface area contributed by atoms with Crippen LogP contribution in [0.2, 0.25) is 0 Å². The highest BCUT2D eigenvalue weighted by Crippen LogP contribution is 2.24. The van der Waals surface area contributed by atoms with E-state index in [1.807, 2.05) is 4.90 Å². The third-order valence-corrected chi connectivity index (χ3v) is 6.81. The van der Waals surface area contributed by atoms with Crippen molar-refractivity contribution in [2.75, 3.05) is 55.3 Å². The highest BCUT2D eigenvalue weighted by atomic mass is 32.2. The molecule has 3 rings (SSSR count). The van der Waals surface area contributed by atoms with Crippen LogP contribution >= 0.6 is 0 Å². The number of ether oxygens (including phenoxy) is 1. The van der Waals surface area contributed by atoms with Gasteiger partial charge in [0.15, 0.2) is 6.61 Å². The van der Waals surface area contributed by atoms with E-state index in [4.69, 9.17) is 4.74 Å². The molecular weight excluding hydrogens is 402 g/mol. The fraction of sp³-hybridized carbons (Fsp3) is 0.409. The monoisotopic (exact) mass is 431 g/mol. The van der Waals surface area contributed by atoms with Gasteiger partial charge in [-0.3, -0.25) is 9.10 Å². The summed E-state index contributed by atoms with van der Waals surface area (Å²) in [6.45, 7) is 7.12. The van der Waals surface area contributed by atoms with Crippen LogP contribution in [0, 0.1) is 13.8 Å². The van der Waals surface area contributed by atoms with E-state index in [2.05, 4.69) is 36.9 Å². The molecule has 30 heavy (non-hydrogen) atoms. The quantitative estimate of drug-likeness (QED) is 0.703. The summed E-state index contributed by atoms with van der Waals surface area (Å²) in [7, 11) is -1.82. The van der Waals surface area contributed by atoms with Crippen molar-refractivity contribution in [1.82, 2.24) is 4.90 Å². The van der Waals surface area contributed by atoms with Crippen molar-refractivity contribution in [2.45, 2.75) is 13.8 Å². The zero-order valence-electron chi connectivity index (χ0n) is 18.0. The molecule has 1 heterocycles. The van der Waals surface area contributed by atoms with Crippen molar-refractivity contribution < 1.29 is 17.9 Å². The Hall–Kier alpha value is -2.74. The Morgan fingerprint density at radius 2 is 1.67 bits per heavy atom. The molecule has 0 unspecified atom stereocenters. The van der Waals surface area contributed by atoms with Crippen LogP contribution in [0.3, 0.4) is 0 Å². The Labute approximate surface area is 178 Å². The SMILES string of the molecule is Cc1cccc(N2CCN(C(=O)COc3ccc(N(C)S(C)(=O)=O)cc3)CC2)c1C. The smallest absolute Gasteiger partial charge is 0.260 e. The summed E-state index contributed by atoms with van der Waals surface area (Å²) in [6, 6.07) is 13.0. The van der Waals surface area contributed by atoms with Gasteiger partial charge in [-0.2, -0.15) is 0 Å². The number of amides is 1. The first kappa shape index (κ1) is 22.0. The van der Waals surface area contributed by atoms with E-state index in [9.17, 15) is 13.2 Å². The van der Waals surface area contributed by atoms with Gasteiger partial charge in [-0.25, -0.2) is 8.42 Å². The van der Waals surface area contributed by atoms with Gasteiger partial charge in [-0.1, -0.05) is 12.1 Å². The number of rotatable bonds is 6. The first-order valence-corrected chi connectivity index (χ1v) is 11.8. The molecule has 0 saturated carbocycles. The normalized spacial score (nSPS) is 14.5. The molecule has 162 valence electrons. The van der Waals surface area contributed by atoms with Gasteiger partial charge in [0.25, 0.3) is 5.91 Å². The molecule has 2 aromatic rings. The number of carbonyl (C=O) groups is 1. The number of piperazine rings is 1. The molecule has 0 atom stereocenters. The number of hydrogen-bond acceptors (Lipinski definition) is 5. The Kier molecular flexibility index (Phi) is 6.55. The fourth-order valence-corrected chi connectivity index (χ4v) is 3.96. The standard InChI is InChI=1S/C22H29N3O4S/c1-17-6-5-7-21(18(17)2)24-12-14-25(15-13-24)22(26)16-29-20-10-8-19(9-11-20)23(3)30(4,27)28/h5-11H,12-16H2,1-4H3. The highest BCUT2D eigenvalue weighted by molar-refractivity contribution is 7.92. The van der Waals surface area contributed by atoms with Gasteiger partial charge in [0, 0.05) is 38.9 Å². The molecule has 1 saturated heterocycles. The first-order valence-electron chi connectivity index (χ1n) is 9.92. The summed E-state index contributed by atoms with van der Waals surface area (Å²) in [6.07, 6.45) is 1.15. The summed E-state index contributed by atoms with van der Waals surface area (Å²) < 4.78 is 30.0. The molecule has 1 aliphatic rings. The minimum Gasteiger partial charge on any atom is -0.484 e. The second-order valence-corrected chi connectivity index (χ2v) is 9.61. The van der Waals surface area contributed by atoms with Crippen molar-refractivity contribution in [3.05, 3.63) is 53.6 Å². The molecule has 1 fully saturated rings. The largest absolute Gasteiger partial charge is 0.484 e. The molecule has 0 N–H and O–H groups in total. The average Bonchev–Trinajstić information content (AvgIpc) is 2.73. The van der Waals surface area contributed by atoms with E-state index in [1.165, 1.54) is 28.2 Å². The van der Waals surface area contributed by atoms with Gasteiger partial charge < -0.3 is 14.5 Å². The van der Waals surface area contributed by atoms with Crippen molar-refractivity contribution in [3.8, 4) is 5.75 Å². The number of anilines is 2. The Morgan fingerprint density at radius 3 is 2.27 bits per heavy atom. The molecule has 0 aliphatic carbocycles. The number of aryl methyl sites for hydroxylation is 1. The van der Waals surface area contributed by atoms with Gasteiger partial charge in [-0.05, 0) is 55.3 Å². The number of sulfonamides is 1. The van der Waals surface area contributed by atoms with E-state index in [-0.39, 0.29) is 12.5 Å². The third-order valence-electron chi connectivity index (χ3n) is 5.61. The van der Waals surface area contributed by atoms with E-state index in [0.29, 0.717) is 24.5 Å². The molecular formula is C22H29N3O4S. The first-order chi connectivity index (χ1) is 14.2. The minimum absolute atomic E-state index is 0.0370. The number of hydrogen-bond donors (Lipinski definition) is 0. The van der Waals surface area contributed by atoms with E-state index in [1.54, 1.807) is 24.3 Å². The lowest BCUT2D eigenvalue weighted by atomic mass is 10.1. The third kappa shape index (κ3) is 5.05. The van der Waals surface area contributed by atoms with Crippen LogP contribution in [-0.4, -0.2) is 65.3 Å². The van der Waals surface area contributed by atoms with Crippen molar-refractivity contribution >= 4 is 27.3 Å². The molecule has 0 bridgehead atoms. The highest BCUT2D eigenvalue weighted by Gasteiger charge is 2.22. The van der Waals surface area contributed by atoms with E-state index >= 15 is 0 Å². The van der Waals surface area contributed by atoms with Gasteiger partial charge in [0.05, 0.1) is 11.9 Å². The van der Waals surface area contributed by atoms with Crippen LogP contribution in [0.5, 0.6) is 5.75 Å². The molecule has 8 heteroatoms. The Morgan fingerprint density at radius 1 is 1.03 bits per heavy atom. The van der Waals surface area contributed by atoms with Crippen LogP contribution < -0.4 is 13.9 Å². The second kappa shape index (κ2) is 8.95. The fourth-order valence-electron chi connectivity index (χ4n) is 3.46. The van der Waals surface area contributed by atoms with Crippen LogP contribution in [-0.2, 0) is 14.8 Å². The Bertz CT molecular complexity index is 998. The lowest BCUT2D eigenvalue weighted by molar-refractivity contribution is -0.133. The summed E-state index contributed by atoms with van der Waals surface area (Å²) in [5, 5.41) is 0. The number of benzene rings is 2.